The van der Waals surface area contributed by atoms with Gasteiger partial charge in [0.05, 0.1) is 6.33 Å². The molecule has 0 aliphatic carbocycles. The van der Waals surface area contributed by atoms with Crippen LogP contribution in [0, 0.1) is 4.64 Å². The fourth-order valence-electron chi connectivity index (χ4n) is 2.79. The van der Waals surface area contributed by atoms with E-state index in [1.165, 1.54) is 38.2 Å². The lowest BCUT2D eigenvalue weighted by Crippen LogP contribution is -2.43. The van der Waals surface area contributed by atoms with Crippen molar-refractivity contribution in [1.29, 1.82) is 0 Å². The molecule has 0 amide bonds. The summed E-state index contributed by atoms with van der Waals surface area (Å²) in [7, 11) is 0. The molecular weight excluding hydrogens is 408 g/mol. The molecule has 2 aromatic heterocycles. The molecule has 0 radical (unpaired) electrons. The quantitative estimate of drug-likeness (QED) is 0.380. The second-order valence-electron chi connectivity index (χ2n) is 6.07. The number of fused-ring (bicyclic) bond motifs is 1. The number of H-pyrrole nitrogens is 1. The molecule has 29 heavy (non-hydrogen) atoms. The van der Waals surface area contributed by atoms with Crippen LogP contribution in [0.4, 0.5) is 0 Å². The van der Waals surface area contributed by atoms with Crippen LogP contribution >= 0.6 is 12.2 Å². The van der Waals surface area contributed by atoms with Gasteiger partial charge in [0.2, 0.25) is 6.10 Å². The van der Waals surface area contributed by atoms with Crippen molar-refractivity contribution >= 4 is 41.3 Å². The van der Waals surface area contributed by atoms with E-state index in [0.717, 1.165) is 0 Å². The van der Waals surface area contributed by atoms with Crippen molar-refractivity contribution in [3.8, 4) is 0 Å². The lowest BCUT2D eigenvalue weighted by Gasteiger charge is -2.23. The predicted molar refractivity (Wildman–Crippen MR) is 95.7 cm³/mol. The van der Waals surface area contributed by atoms with Crippen LogP contribution in [-0.2, 0) is 33.3 Å². The maximum atomic E-state index is 11.6. The predicted octanol–water partition coefficient (Wildman–Crippen LogP) is 0.0689. The second-order valence-corrected chi connectivity index (χ2v) is 6.46. The summed E-state index contributed by atoms with van der Waals surface area (Å²) in [4.78, 5) is 51.0. The number of rotatable bonds is 6. The van der Waals surface area contributed by atoms with E-state index in [0.29, 0.717) is 11.2 Å². The number of carbonyl (C=O) groups is 3. The van der Waals surface area contributed by atoms with Gasteiger partial charge in [-0.25, -0.2) is 9.97 Å². The number of ether oxygens (including phenoxy) is 4. The molecule has 3 heterocycles. The Morgan fingerprint density at radius 1 is 1.14 bits per heavy atom. The molecule has 0 bridgehead atoms. The van der Waals surface area contributed by atoms with E-state index in [-0.39, 0.29) is 11.2 Å². The zero-order chi connectivity index (χ0) is 21.1. The van der Waals surface area contributed by atoms with Gasteiger partial charge in [0.15, 0.2) is 16.4 Å². The van der Waals surface area contributed by atoms with Crippen LogP contribution in [0.25, 0.3) is 11.2 Å². The summed E-state index contributed by atoms with van der Waals surface area (Å²) in [5, 5.41) is 0. The minimum atomic E-state index is -1.20. The number of aromatic amines is 1. The molecule has 13 heteroatoms. The minimum Gasteiger partial charge on any atom is -0.463 e. The topological polar surface area (TPSA) is 144 Å². The van der Waals surface area contributed by atoms with Gasteiger partial charge in [0.25, 0.3) is 6.29 Å². The standard InChI is InChI=1S/C16H18N4O8S/c1-7(21)24-4-10-12(25-8(2)22)13(26-9(3)23)16(27-10)28-20-6-19-11-14(20)17-5-18-15(11)29/h5-6,10,12-13,16H,4H2,1-3H3,(H,17,18,29). The summed E-state index contributed by atoms with van der Waals surface area (Å²) in [5.41, 5.74) is 0.778. The van der Waals surface area contributed by atoms with E-state index in [2.05, 4.69) is 15.0 Å². The second kappa shape index (κ2) is 8.53. The van der Waals surface area contributed by atoms with Gasteiger partial charge in [-0.3, -0.25) is 14.4 Å². The number of carbonyl (C=O) groups excluding carboxylic acids is 3. The highest BCUT2D eigenvalue weighted by Gasteiger charge is 2.51. The van der Waals surface area contributed by atoms with Crippen molar-refractivity contribution < 1.29 is 38.2 Å². The monoisotopic (exact) mass is 426 g/mol. The molecule has 1 aliphatic rings. The largest absolute Gasteiger partial charge is 0.463 e. The van der Waals surface area contributed by atoms with Gasteiger partial charge in [-0.15, -0.1) is 0 Å². The Balaban J connectivity index is 1.90. The molecule has 1 saturated heterocycles. The van der Waals surface area contributed by atoms with Crippen LogP contribution in [0.2, 0.25) is 0 Å². The molecule has 0 aromatic carbocycles. The summed E-state index contributed by atoms with van der Waals surface area (Å²) in [6.07, 6.45) is -1.61. The first-order chi connectivity index (χ1) is 13.8. The summed E-state index contributed by atoms with van der Waals surface area (Å²) >= 11 is 5.10. The number of nitrogens with zero attached hydrogens (tertiary/aromatic N) is 3. The lowest BCUT2D eigenvalue weighted by atomic mass is 10.1. The lowest BCUT2D eigenvalue weighted by molar-refractivity contribution is -0.189. The van der Waals surface area contributed by atoms with Crippen molar-refractivity contribution in [1.82, 2.24) is 19.7 Å². The van der Waals surface area contributed by atoms with E-state index in [9.17, 15) is 14.4 Å². The Morgan fingerprint density at radius 3 is 2.48 bits per heavy atom. The molecule has 0 saturated carbocycles. The molecule has 3 rings (SSSR count). The van der Waals surface area contributed by atoms with E-state index in [1.54, 1.807) is 0 Å². The van der Waals surface area contributed by atoms with E-state index >= 15 is 0 Å². The first-order valence-electron chi connectivity index (χ1n) is 8.47. The number of hydrogen-bond acceptors (Lipinski definition) is 11. The van der Waals surface area contributed by atoms with Crippen molar-refractivity contribution in [3.05, 3.63) is 17.3 Å². The van der Waals surface area contributed by atoms with Crippen molar-refractivity contribution in [2.24, 2.45) is 0 Å². The Hall–Kier alpha value is -3.06. The van der Waals surface area contributed by atoms with E-state index in [4.69, 9.17) is 36.0 Å². The molecule has 1 N–H and O–H groups in total. The van der Waals surface area contributed by atoms with Crippen molar-refractivity contribution in [3.63, 3.8) is 0 Å². The summed E-state index contributed by atoms with van der Waals surface area (Å²) < 4.78 is 22.7. The molecule has 4 atom stereocenters. The first kappa shape index (κ1) is 20.7. The number of esters is 3. The average Bonchev–Trinajstić information content (AvgIpc) is 3.17. The average molecular weight is 426 g/mol. The van der Waals surface area contributed by atoms with Crippen LogP contribution in [0.5, 0.6) is 0 Å². The van der Waals surface area contributed by atoms with Crippen molar-refractivity contribution in [2.45, 2.75) is 45.4 Å². The fourth-order valence-corrected chi connectivity index (χ4v) is 2.99. The number of nitrogens with one attached hydrogen (secondary N) is 1. The number of hydrogen-bond donors (Lipinski definition) is 1. The molecule has 12 nitrogen and oxygen atoms in total. The summed E-state index contributed by atoms with van der Waals surface area (Å²) in [6.45, 7) is 3.37. The molecule has 156 valence electrons. The molecule has 1 aliphatic heterocycles. The van der Waals surface area contributed by atoms with Crippen LogP contribution in [0.1, 0.15) is 20.8 Å². The van der Waals surface area contributed by atoms with Crippen LogP contribution in [0.3, 0.4) is 0 Å². The Labute approximate surface area is 169 Å². The SMILES string of the molecule is CC(=O)OCC1OC(On2cnc3c(=S)nc[nH]c32)C(OC(C)=O)C1OC(C)=O. The Kier molecular flexibility index (Phi) is 6.08. The molecule has 0 spiro atoms. The Morgan fingerprint density at radius 2 is 1.83 bits per heavy atom. The maximum absolute atomic E-state index is 11.6. The van der Waals surface area contributed by atoms with E-state index in [1.807, 2.05) is 0 Å². The third kappa shape index (κ3) is 4.68. The number of imidazole rings is 1. The minimum absolute atomic E-state index is 0.234. The van der Waals surface area contributed by atoms with Crippen LogP contribution in [0.15, 0.2) is 12.7 Å². The van der Waals surface area contributed by atoms with Crippen molar-refractivity contribution in [2.75, 3.05) is 6.61 Å². The van der Waals surface area contributed by atoms with Gasteiger partial charge in [0, 0.05) is 20.8 Å². The normalized spacial score (nSPS) is 23.6. The third-order valence-electron chi connectivity index (χ3n) is 3.86. The molecule has 1 fully saturated rings. The van der Waals surface area contributed by atoms with Crippen LogP contribution in [-0.4, -0.2) is 68.8 Å². The maximum Gasteiger partial charge on any atom is 0.303 e. The van der Waals surface area contributed by atoms with Gasteiger partial charge in [0.1, 0.15) is 24.6 Å². The number of aromatic nitrogens is 4. The van der Waals surface area contributed by atoms with E-state index < -0.39 is 42.5 Å². The molecular formula is C16H18N4O8S. The van der Waals surface area contributed by atoms with Gasteiger partial charge < -0.3 is 28.8 Å². The summed E-state index contributed by atoms with van der Waals surface area (Å²) in [5.74, 6) is -1.83. The zero-order valence-corrected chi connectivity index (χ0v) is 16.5. The van der Waals surface area contributed by atoms with Crippen LogP contribution < -0.4 is 4.84 Å². The highest BCUT2D eigenvalue weighted by Crippen LogP contribution is 2.27. The fraction of sp³-hybridized carbons (Fsp3) is 0.500. The third-order valence-corrected chi connectivity index (χ3v) is 4.16. The van der Waals surface area contributed by atoms with Gasteiger partial charge >= 0.3 is 17.9 Å². The smallest absolute Gasteiger partial charge is 0.303 e. The summed E-state index contributed by atoms with van der Waals surface area (Å²) in [6, 6.07) is 0. The van der Waals surface area contributed by atoms with Gasteiger partial charge in [-0.2, -0.15) is 4.73 Å². The Bertz CT molecular complexity index is 989. The van der Waals surface area contributed by atoms with Gasteiger partial charge in [-0.1, -0.05) is 12.2 Å². The molecule has 4 unspecified atom stereocenters. The first-order valence-corrected chi connectivity index (χ1v) is 8.88. The highest BCUT2D eigenvalue weighted by atomic mass is 32.1. The highest BCUT2D eigenvalue weighted by molar-refractivity contribution is 7.71. The molecule has 2 aromatic rings. The van der Waals surface area contributed by atoms with Gasteiger partial charge in [-0.05, 0) is 0 Å². The zero-order valence-electron chi connectivity index (χ0n) is 15.7.